The molecule has 4 rings (SSSR count). The summed E-state index contributed by atoms with van der Waals surface area (Å²) in [6, 6.07) is 21.3. The molecule has 3 N–H and O–H groups in total. The lowest BCUT2D eigenvalue weighted by atomic mass is 9.94. The Morgan fingerprint density at radius 1 is 1.06 bits per heavy atom. The molecule has 1 atom stereocenters. The van der Waals surface area contributed by atoms with Crippen molar-refractivity contribution in [2.45, 2.75) is 38.5 Å². The summed E-state index contributed by atoms with van der Waals surface area (Å²) in [5.74, 6) is 1.60. The number of aliphatic hydroxyl groups is 1. The number of benzene rings is 3. The van der Waals surface area contributed by atoms with Crippen LogP contribution < -0.4 is 24.8 Å². The molecule has 0 fully saturated rings. The van der Waals surface area contributed by atoms with Gasteiger partial charge in [-0.2, -0.15) is 0 Å². The standard InChI is InChI=1S/C28H32N2O5/c1-28(2,15-19-9-11-21(33-3)12-10-19)29-16-25(31)23-13-22(34-17-20-7-5-4-6-8-20)14-24-27(23)35-18-26(32)30-24/h4-14,25,29,31H,15-18H2,1-3H3,(H,30,32). The van der Waals surface area contributed by atoms with E-state index < -0.39 is 6.10 Å². The van der Waals surface area contributed by atoms with E-state index >= 15 is 0 Å². The number of anilines is 1. The van der Waals surface area contributed by atoms with Crippen molar-refractivity contribution in [3.05, 3.63) is 83.4 Å². The van der Waals surface area contributed by atoms with Crippen LogP contribution in [0.4, 0.5) is 5.69 Å². The lowest BCUT2D eigenvalue weighted by molar-refractivity contribution is -0.118. The summed E-state index contributed by atoms with van der Waals surface area (Å²) in [5.41, 5.74) is 2.98. The fourth-order valence-corrected chi connectivity index (χ4v) is 4.07. The fraction of sp³-hybridized carbons (Fsp3) is 0.321. The van der Waals surface area contributed by atoms with Crippen LogP contribution in [0, 0.1) is 0 Å². The summed E-state index contributed by atoms with van der Waals surface area (Å²) >= 11 is 0. The number of methoxy groups -OCH3 is 1. The zero-order chi connectivity index (χ0) is 24.8. The molecule has 0 aromatic heterocycles. The predicted octanol–water partition coefficient (Wildman–Crippen LogP) is 4.25. The number of amides is 1. The number of fused-ring (bicyclic) bond motifs is 1. The average molecular weight is 477 g/mol. The lowest BCUT2D eigenvalue weighted by Gasteiger charge is -2.29. The minimum absolute atomic E-state index is 0.0899. The van der Waals surface area contributed by atoms with Crippen LogP contribution in [-0.4, -0.2) is 36.8 Å². The van der Waals surface area contributed by atoms with E-state index in [9.17, 15) is 9.90 Å². The second-order valence-corrected chi connectivity index (χ2v) is 9.31. The van der Waals surface area contributed by atoms with Gasteiger partial charge in [0.25, 0.3) is 5.91 Å². The molecular weight excluding hydrogens is 444 g/mol. The summed E-state index contributed by atoms with van der Waals surface area (Å²) in [6.45, 7) is 4.77. The summed E-state index contributed by atoms with van der Waals surface area (Å²) in [4.78, 5) is 11.9. The number of β-amino-alcohol motifs (C(OH)–C–C–N with tert-alkyl or cyclic N) is 1. The van der Waals surface area contributed by atoms with Gasteiger partial charge in [-0.25, -0.2) is 0 Å². The quantitative estimate of drug-likeness (QED) is 0.405. The van der Waals surface area contributed by atoms with E-state index in [1.165, 1.54) is 0 Å². The number of nitrogens with one attached hydrogen (secondary N) is 2. The Bertz CT molecular complexity index is 1150. The highest BCUT2D eigenvalue weighted by Gasteiger charge is 2.26. The number of hydrogen-bond donors (Lipinski definition) is 3. The molecule has 7 nitrogen and oxygen atoms in total. The number of ether oxygens (including phenoxy) is 3. The van der Waals surface area contributed by atoms with Crippen molar-refractivity contribution in [3.8, 4) is 17.2 Å². The Balaban J connectivity index is 1.47. The Morgan fingerprint density at radius 2 is 1.80 bits per heavy atom. The molecule has 0 saturated heterocycles. The first-order valence-electron chi connectivity index (χ1n) is 11.7. The maximum atomic E-state index is 11.9. The molecule has 1 amide bonds. The molecule has 7 heteroatoms. The third-order valence-corrected chi connectivity index (χ3v) is 5.90. The van der Waals surface area contributed by atoms with E-state index in [2.05, 4.69) is 24.5 Å². The van der Waals surface area contributed by atoms with Crippen LogP contribution in [0.5, 0.6) is 17.2 Å². The highest BCUT2D eigenvalue weighted by atomic mass is 16.5. The lowest BCUT2D eigenvalue weighted by Crippen LogP contribution is -2.43. The zero-order valence-corrected chi connectivity index (χ0v) is 20.3. The summed E-state index contributed by atoms with van der Waals surface area (Å²) in [5, 5.41) is 17.4. The van der Waals surface area contributed by atoms with Gasteiger partial charge in [-0.1, -0.05) is 42.5 Å². The van der Waals surface area contributed by atoms with Gasteiger partial charge in [-0.15, -0.1) is 0 Å². The minimum Gasteiger partial charge on any atom is -0.497 e. The van der Waals surface area contributed by atoms with Gasteiger partial charge in [0, 0.05) is 23.7 Å². The number of carbonyl (C=O) groups excluding carboxylic acids is 1. The molecule has 184 valence electrons. The first-order valence-corrected chi connectivity index (χ1v) is 11.7. The highest BCUT2D eigenvalue weighted by molar-refractivity contribution is 5.96. The Kier molecular flexibility index (Phi) is 7.58. The van der Waals surface area contributed by atoms with E-state index in [1.54, 1.807) is 19.2 Å². The van der Waals surface area contributed by atoms with Gasteiger partial charge < -0.3 is 30.0 Å². The van der Waals surface area contributed by atoms with Crippen LogP contribution in [0.2, 0.25) is 0 Å². The number of hydrogen-bond acceptors (Lipinski definition) is 6. The Labute approximate surface area is 206 Å². The van der Waals surface area contributed by atoms with Gasteiger partial charge in [0.1, 0.15) is 23.9 Å². The summed E-state index contributed by atoms with van der Waals surface area (Å²) < 4.78 is 16.9. The predicted molar refractivity (Wildman–Crippen MR) is 135 cm³/mol. The molecule has 0 aliphatic carbocycles. The number of carbonyl (C=O) groups is 1. The van der Waals surface area contributed by atoms with E-state index in [1.807, 2.05) is 54.6 Å². The SMILES string of the molecule is COc1ccc(CC(C)(C)NCC(O)c2cc(OCc3ccccc3)cc3c2OCC(=O)N3)cc1. The smallest absolute Gasteiger partial charge is 0.262 e. The molecule has 1 aliphatic rings. The van der Waals surface area contributed by atoms with Crippen LogP contribution in [0.3, 0.4) is 0 Å². The van der Waals surface area contributed by atoms with Gasteiger partial charge in [-0.05, 0) is 49.6 Å². The van der Waals surface area contributed by atoms with Crippen molar-refractivity contribution in [2.24, 2.45) is 0 Å². The molecular formula is C28H32N2O5. The molecule has 35 heavy (non-hydrogen) atoms. The average Bonchev–Trinajstić information content (AvgIpc) is 2.86. The van der Waals surface area contributed by atoms with Crippen molar-refractivity contribution in [2.75, 3.05) is 25.6 Å². The van der Waals surface area contributed by atoms with E-state index in [0.717, 1.165) is 23.3 Å². The van der Waals surface area contributed by atoms with E-state index in [4.69, 9.17) is 14.2 Å². The summed E-state index contributed by atoms with van der Waals surface area (Å²) in [7, 11) is 1.65. The molecule has 3 aromatic rings. The third kappa shape index (κ3) is 6.53. The molecule has 0 radical (unpaired) electrons. The van der Waals surface area contributed by atoms with Gasteiger partial charge in [0.05, 0.1) is 18.9 Å². The number of rotatable bonds is 10. The first-order chi connectivity index (χ1) is 16.8. The first kappa shape index (κ1) is 24.6. The molecule has 1 aliphatic heterocycles. The highest BCUT2D eigenvalue weighted by Crippen LogP contribution is 2.39. The second-order valence-electron chi connectivity index (χ2n) is 9.31. The zero-order valence-electron chi connectivity index (χ0n) is 20.3. The maximum Gasteiger partial charge on any atom is 0.262 e. The maximum absolute atomic E-state index is 11.9. The largest absolute Gasteiger partial charge is 0.497 e. The second kappa shape index (κ2) is 10.8. The van der Waals surface area contributed by atoms with Crippen LogP contribution in [0.1, 0.15) is 36.6 Å². The van der Waals surface area contributed by atoms with Crippen LogP contribution >= 0.6 is 0 Å². The van der Waals surface area contributed by atoms with Gasteiger partial charge in [0.2, 0.25) is 0 Å². The van der Waals surface area contributed by atoms with Gasteiger partial charge in [0.15, 0.2) is 6.61 Å². The molecule has 0 bridgehead atoms. The molecule has 0 saturated carbocycles. The fourth-order valence-electron chi connectivity index (χ4n) is 4.07. The van der Waals surface area contributed by atoms with Gasteiger partial charge >= 0.3 is 0 Å². The van der Waals surface area contributed by atoms with E-state index in [0.29, 0.717) is 35.9 Å². The Morgan fingerprint density at radius 3 is 2.51 bits per heavy atom. The van der Waals surface area contributed by atoms with Crippen molar-refractivity contribution in [1.82, 2.24) is 5.32 Å². The Hall–Kier alpha value is -3.55. The monoisotopic (exact) mass is 476 g/mol. The molecule has 3 aromatic carbocycles. The van der Waals surface area contributed by atoms with Crippen molar-refractivity contribution in [3.63, 3.8) is 0 Å². The molecule has 1 unspecified atom stereocenters. The van der Waals surface area contributed by atoms with E-state index in [-0.39, 0.29) is 18.1 Å². The van der Waals surface area contributed by atoms with Crippen molar-refractivity contribution in [1.29, 1.82) is 0 Å². The van der Waals surface area contributed by atoms with Crippen LogP contribution in [-0.2, 0) is 17.8 Å². The normalized spacial score (nSPS) is 13.9. The van der Waals surface area contributed by atoms with Crippen LogP contribution in [0.25, 0.3) is 0 Å². The van der Waals surface area contributed by atoms with Crippen molar-refractivity contribution >= 4 is 11.6 Å². The van der Waals surface area contributed by atoms with Crippen LogP contribution in [0.15, 0.2) is 66.7 Å². The number of aliphatic hydroxyl groups excluding tert-OH is 1. The minimum atomic E-state index is -0.867. The molecule has 1 heterocycles. The van der Waals surface area contributed by atoms with Crippen molar-refractivity contribution < 1.29 is 24.1 Å². The topological polar surface area (TPSA) is 89.1 Å². The molecule has 0 spiro atoms. The third-order valence-electron chi connectivity index (χ3n) is 5.90. The van der Waals surface area contributed by atoms with Gasteiger partial charge in [-0.3, -0.25) is 4.79 Å². The summed E-state index contributed by atoms with van der Waals surface area (Å²) in [6.07, 6.45) is -0.0941.